The summed E-state index contributed by atoms with van der Waals surface area (Å²) in [5.74, 6) is -0.271. The molecule has 2 rings (SSSR count). The molecule has 1 aliphatic heterocycles. The first-order valence-corrected chi connectivity index (χ1v) is 5.64. The van der Waals surface area contributed by atoms with Gasteiger partial charge >= 0.3 is 0 Å². The number of hydrogen-bond donors (Lipinski definition) is 1. The highest BCUT2D eigenvalue weighted by atomic mass is 16.3. The van der Waals surface area contributed by atoms with Gasteiger partial charge in [-0.2, -0.15) is 0 Å². The largest absolute Gasteiger partial charge is 0.385 e. The second-order valence-corrected chi connectivity index (χ2v) is 4.30. The number of aliphatic hydroxyl groups is 1. The smallest absolute Gasteiger partial charge is 0.223 e. The fraction of sp³-hybridized carbons (Fsp3) is 0.385. The van der Waals surface area contributed by atoms with E-state index in [4.69, 9.17) is 0 Å². The van der Waals surface area contributed by atoms with E-state index in [-0.39, 0.29) is 11.7 Å². The van der Waals surface area contributed by atoms with Crippen LogP contribution in [-0.2, 0) is 11.2 Å². The summed E-state index contributed by atoms with van der Waals surface area (Å²) >= 11 is 0. The van der Waals surface area contributed by atoms with Crippen LogP contribution in [0.1, 0.15) is 29.8 Å². The molecule has 0 aliphatic carbocycles. The van der Waals surface area contributed by atoms with Crippen molar-refractivity contribution in [3.8, 4) is 0 Å². The van der Waals surface area contributed by atoms with E-state index >= 15 is 0 Å². The van der Waals surface area contributed by atoms with E-state index in [2.05, 4.69) is 0 Å². The molecule has 1 amide bonds. The summed E-state index contributed by atoms with van der Waals surface area (Å²) in [5.41, 5.74) is 2.37. The van der Waals surface area contributed by atoms with E-state index in [9.17, 15) is 14.7 Å². The van der Waals surface area contributed by atoms with Gasteiger partial charge in [-0.15, -0.1) is 0 Å². The first-order chi connectivity index (χ1) is 8.00. The van der Waals surface area contributed by atoms with Crippen molar-refractivity contribution >= 4 is 17.4 Å². The molecular weight excluding hydrogens is 218 g/mol. The number of anilines is 1. The third-order valence-electron chi connectivity index (χ3n) is 3.02. The fourth-order valence-corrected chi connectivity index (χ4v) is 2.12. The lowest BCUT2D eigenvalue weighted by Gasteiger charge is -2.14. The zero-order valence-corrected chi connectivity index (χ0v) is 9.93. The van der Waals surface area contributed by atoms with E-state index in [0.717, 1.165) is 17.7 Å². The van der Waals surface area contributed by atoms with Gasteiger partial charge in [-0.25, -0.2) is 0 Å². The maximum atomic E-state index is 11.6. The summed E-state index contributed by atoms with van der Waals surface area (Å²) in [6, 6.07) is 5.21. The Balaban J connectivity index is 2.35. The van der Waals surface area contributed by atoms with Crippen LogP contribution in [0.25, 0.3) is 0 Å². The zero-order valence-electron chi connectivity index (χ0n) is 9.93. The SMILES string of the molecule is CC(=O)N1CCc2cc(C(=O)[C@@H](C)O)ccc21. The highest BCUT2D eigenvalue weighted by molar-refractivity contribution is 6.01. The maximum Gasteiger partial charge on any atom is 0.223 e. The number of benzene rings is 1. The van der Waals surface area contributed by atoms with E-state index in [1.54, 1.807) is 23.1 Å². The Bertz CT molecular complexity index is 480. The standard InChI is InChI=1S/C13H15NO3/c1-8(15)13(17)11-3-4-12-10(7-11)5-6-14(12)9(2)16/h3-4,7-8,15H,5-6H2,1-2H3/t8-/m1/s1. The van der Waals surface area contributed by atoms with Crippen LogP contribution in [-0.4, -0.2) is 29.4 Å². The van der Waals surface area contributed by atoms with E-state index < -0.39 is 6.10 Å². The minimum absolute atomic E-state index is 0.0124. The number of fused-ring (bicyclic) bond motifs is 1. The Hall–Kier alpha value is -1.68. The molecule has 0 bridgehead atoms. The van der Waals surface area contributed by atoms with Crippen LogP contribution < -0.4 is 4.90 Å². The van der Waals surface area contributed by atoms with Crippen molar-refractivity contribution in [3.63, 3.8) is 0 Å². The summed E-state index contributed by atoms with van der Waals surface area (Å²) in [5, 5.41) is 9.25. The number of carbonyl (C=O) groups is 2. The topological polar surface area (TPSA) is 57.6 Å². The molecule has 17 heavy (non-hydrogen) atoms. The quantitative estimate of drug-likeness (QED) is 0.780. The first-order valence-electron chi connectivity index (χ1n) is 5.64. The molecule has 1 aromatic carbocycles. The van der Waals surface area contributed by atoms with Crippen molar-refractivity contribution in [1.82, 2.24) is 0 Å². The molecule has 1 aliphatic rings. The Morgan fingerprint density at radius 1 is 1.41 bits per heavy atom. The van der Waals surface area contributed by atoms with Gasteiger partial charge in [0.25, 0.3) is 0 Å². The normalized spacial score (nSPS) is 15.6. The van der Waals surface area contributed by atoms with Crippen molar-refractivity contribution in [2.45, 2.75) is 26.4 Å². The molecule has 0 saturated carbocycles. The van der Waals surface area contributed by atoms with E-state index in [1.165, 1.54) is 13.8 Å². The molecule has 0 radical (unpaired) electrons. The summed E-state index contributed by atoms with van der Waals surface area (Å²) < 4.78 is 0. The number of hydrogen-bond acceptors (Lipinski definition) is 3. The number of ketones is 1. The first kappa shape index (κ1) is 11.8. The molecular formula is C13H15NO3. The van der Waals surface area contributed by atoms with Gasteiger partial charge in [-0.3, -0.25) is 9.59 Å². The molecule has 0 fully saturated rings. The molecule has 4 nitrogen and oxygen atoms in total. The second-order valence-electron chi connectivity index (χ2n) is 4.30. The predicted octanol–water partition coefficient (Wildman–Crippen LogP) is 1.16. The maximum absolute atomic E-state index is 11.6. The van der Waals surface area contributed by atoms with Crippen LogP contribution in [0.2, 0.25) is 0 Å². The molecule has 0 aromatic heterocycles. The minimum atomic E-state index is -0.988. The monoisotopic (exact) mass is 233 g/mol. The molecule has 0 saturated heterocycles. The number of Topliss-reactive ketones (excluding diaryl/α,β-unsaturated/α-hetero) is 1. The molecule has 90 valence electrons. The molecule has 0 unspecified atom stereocenters. The van der Waals surface area contributed by atoms with Gasteiger partial charge in [0.05, 0.1) is 0 Å². The van der Waals surface area contributed by atoms with Crippen molar-refractivity contribution < 1.29 is 14.7 Å². The molecule has 1 aromatic rings. The Kier molecular flexibility index (Phi) is 2.98. The number of rotatable bonds is 2. The lowest BCUT2D eigenvalue weighted by atomic mass is 10.0. The second kappa shape index (κ2) is 4.30. The van der Waals surface area contributed by atoms with Gasteiger partial charge < -0.3 is 10.0 Å². The van der Waals surface area contributed by atoms with Crippen LogP contribution in [0.4, 0.5) is 5.69 Å². The number of aliphatic hydroxyl groups excluding tert-OH is 1. The lowest BCUT2D eigenvalue weighted by Crippen LogP contribution is -2.25. The van der Waals surface area contributed by atoms with Crippen LogP contribution in [0.15, 0.2) is 18.2 Å². The van der Waals surface area contributed by atoms with Crippen molar-refractivity contribution in [2.24, 2.45) is 0 Å². The van der Waals surface area contributed by atoms with Gasteiger partial charge in [0.1, 0.15) is 6.10 Å². The summed E-state index contributed by atoms with van der Waals surface area (Å²) in [6.45, 7) is 3.65. The zero-order chi connectivity index (χ0) is 12.6. The Morgan fingerprint density at radius 2 is 2.12 bits per heavy atom. The van der Waals surface area contributed by atoms with Gasteiger partial charge in [0.2, 0.25) is 5.91 Å². The van der Waals surface area contributed by atoms with Gasteiger partial charge in [-0.05, 0) is 37.1 Å². The van der Waals surface area contributed by atoms with E-state index in [0.29, 0.717) is 12.1 Å². The average Bonchev–Trinajstić information content (AvgIpc) is 2.70. The molecule has 0 spiro atoms. The van der Waals surface area contributed by atoms with Gasteiger partial charge in [-0.1, -0.05) is 0 Å². The minimum Gasteiger partial charge on any atom is -0.385 e. The van der Waals surface area contributed by atoms with Crippen LogP contribution in [0, 0.1) is 0 Å². The Morgan fingerprint density at radius 3 is 2.71 bits per heavy atom. The van der Waals surface area contributed by atoms with Crippen LogP contribution in [0.3, 0.4) is 0 Å². The third kappa shape index (κ3) is 2.08. The van der Waals surface area contributed by atoms with Crippen molar-refractivity contribution in [1.29, 1.82) is 0 Å². The number of amides is 1. The highest BCUT2D eigenvalue weighted by Crippen LogP contribution is 2.29. The van der Waals surface area contributed by atoms with Gasteiger partial charge in [0, 0.05) is 24.7 Å². The summed E-state index contributed by atoms with van der Waals surface area (Å²) in [6.07, 6.45) is -0.228. The van der Waals surface area contributed by atoms with E-state index in [1.807, 2.05) is 0 Å². The Labute approximate surface area is 99.9 Å². The molecule has 1 N–H and O–H groups in total. The van der Waals surface area contributed by atoms with Crippen molar-refractivity contribution in [3.05, 3.63) is 29.3 Å². The molecule has 4 heteroatoms. The number of carbonyl (C=O) groups excluding carboxylic acids is 2. The highest BCUT2D eigenvalue weighted by Gasteiger charge is 2.23. The van der Waals surface area contributed by atoms with Gasteiger partial charge in [0.15, 0.2) is 5.78 Å². The van der Waals surface area contributed by atoms with Crippen molar-refractivity contribution in [2.75, 3.05) is 11.4 Å². The third-order valence-corrected chi connectivity index (χ3v) is 3.02. The average molecular weight is 233 g/mol. The van der Waals surface area contributed by atoms with Crippen LogP contribution in [0.5, 0.6) is 0 Å². The summed E-state index contributed by atoms with van der Waals surface area (Å²) in [4.78, 5) is 24.7. The predicted molar refractivity (Wildman–Crippen MR) is 64.2 cm³/mol. The summed E-state index contributed by atoms with van der Waals surface area (Å²) in [7, 11) is 0. The molecule has 1 heterocycles. The van der Waals surface area contributed by atoms with Crippen LogP contribution >= 0.6 is 0 Å². The number of nitrogens with zero attached hydrogens (tertiary/aromatic N) is 1. The lowest BCUT2D eigenvalue weighted by molar-refractivity contribution is -0.116. The molecule has 1 atom stereocenters. The fourth-order valence-electron chi connectivity index (χ4n) is 2.12.